The maximum Gasteiger partial charge on any atom is 0.410 e. The Hall–Kier alpha value is -3.73. The minimum absolute atomic E-state index is 0.0841. The van der Waals surface area contributed by atoms with Crippen LogP contribution in [0.1, 0.15) is 49.1 Å². The zero-order valence-electron chi connectivity index (χ0n) is 21.3. The number of benzene rings is 3. The third-order valence-corrected chi connectivity index (χ3v) is 7.99. The first-order chi connectivity index (χ1) is 18.2. The highest BCUT2D eigenvalue weighted by atomic mass is 16.6. The summed E-state index contributed by atoms with van der Waals surface area (Å²) in [6.07, 6.45) is 7.01. The number of carbonyl (C=O) groups excluding carboxylic acids is 1. The standard InChI is InChI=1S/C32H33NO4/c1-35-25-10-7-11-26(20-25)36-17-16-22-18-23-8-6-9-24(19-22)33(23)32(34)37-21-31-29-14-4-2-12-27(29)28-13-3-5-15-30(28)31/h2-5,7,10-15,18,20,23-24,31H,6,8-9,16-17,19,21H2,1H3. The van der Waals surface area contributed by atoms with Crippen LogP contribution in [-0.4, -0.2) is 43.4 Å². The van der Waals surface area contributed by atoms with E-state index in [1.54, 1.807) is 7.11 Å². The van der Waals surface area contributed by atoms with E-state index in [0.29, 0.717) is 13.2 Å². The minimum Gasteiger partial charge on any atom is -0.497 e. The number of nitrogens with zero attached hydrogens (tertiary/aromatic N) is 1. The van der Waals surface area contributed by atoms with E-state index in [0.717, 1.165) is 43.6 Å². The number of ether oxygens (including phenoxy) is 3. The fraction of sp³-hybridized carbons (Fsp3) is 0.344. The summed E-state index contributed by atoms with van der Waals surface area (Å²) in [7, 11) is 1.66. The fourth-order valence-corrected chi connectivity index (χ4v) is 6.25. The van der Waals surface area contributed by atoms with Crippen molar-refractivity contribution in [2.45, 2.75) is 50.1 Å². The van der Waals surface area contributed by atoms with Crippen LogP contribution in [0.2, 0.25) is 0 Å². The Kier molecular flexibility index (Phi) is 6.60. The largest absolute Gasteiger partial charge is 0.497 e. The summed E-state index contributed by atoms with van der Waals surface area (Å²) in [5, 5.41) is 0. The normalized spacial score (nSPS) is 20.0. The van der Waals surface area contributed by atoms with E-state index >= 15 is 0 Å². The van der Waals surface area contributed by atoms with Crippen LogP contribution < -0.4 is 9.47 Å². The summed E-state index contributed by atoms with van der Waals surface area (Å²) in [5.41, 5.74) is 6.36. The smallest absolute Gasteiger partial charge is 0.410 e. The van der Waals surface area contributed by atoms with Gasteiger partial charge in [-0.25, -0.2) is 4.79 Å². The van der Waals surface area contributed by atoms with Crippen molar-refractivity contribution in [3.05, 3.63) is 95.6 Å². The second-order valence-electron chi connectivity index (χ2n) is 10.2. The van der Waals surface area contributed by atoms with Crippen molar-refractivity contribution >= 4 is 6.09 Å². The van der Waals surface area contributed by atoms with Gasteiger partial charge in [-0.3, -0.25) is 4.90 Å². The van der Waals surface area contributed by atoms with Crippen molar-refractivity contribution in [1.29, 1.82) is 0 Å². The van der Waals surface area contributed by atoms with Gasteiger partial charge in [-0.2, -0.15) is 0 Å². The van der Waals surface area contributed by atoms with Crippen LogP contribution in [-0.2, 0) is 4.74 Å². The Morgan fingerprint density at radius 1 is 0.919 bits per heavy atom. The lowest BCUT2D eigenvalue weighted by Gasteiger charge is -2.44. The molecule has 5 heteroatoms. The SMILES string of the molecule is COc1cccc(OCCC2=CC3CCCC(C2)N3C(=O)OCC2c3ccccc3-c3ccccc32)c1. The zero-order valence-corrected chi connectivity index (χ0v) is 21.3. The van der Waals surface area contributed by atoms with Gasteiger partial charge in [-0.05, 0) is 60.1 Å². The first kappa shape index (κ1) is 23.7. The second kappa shape index (κ2) is 10.3. The quantitative estimate of drug-likeness (QED) is 0.332. The molecule has 2 atom stereocenters. The molecule has 0 spiro atoms. The predicted molar refractivity (Wildman–Crippen MR) is 144 cm³/mol. The topological polar surface area (TPSA) is 48.0 Å². The third kappa shape index (κ3) is 4.71. The highest BCUT2D eigenvalue weighted by Crippen LogP contribution is 2.45. The molecule has 0 aromatic heterocycles. The van der Waals surface area contributed by atoms with Crippen LogP contribution in [0.3, 0.4) is 0 Å². The van der Waals surface area contributed by atoms with Gasteiger partial charge in [0, 0.05) is 24.4 Å². The molecule has 3 aromatic rings. The summed E-state index contributed by atoms with van der Waals surface area (Å²) in [5.74, 6) is 1.69. The Bertz CT molecular complexity index is 1270. The number of methoxy groups -OCH3 is 1. The first-order valence-electron chi connectivity index (χ1n) is 13.3. The third-order valence-electron chi connectivity index (χ3n) is 7.99. The molecule has 5 nitrogen and oxygen atoms in total. The summed E-state index contributed by atoms with van der Waals surface area (Å²) in [4.78, 5) is 15.4. The molecule has 2 heterocycles. The number of piperidine rings is 1. The molecule has 190 valence electrons. The van der Waals surface area contributed by atoms with E-state index in [4.69, 9.17) is 14.2 Å². The van der Waals surface area contributed by atoms with E-state index in [-0.39, 0.29) is 24.1 Å². The molecule has 6 rings (SSSR count). The van der Waals surface area contributed by atoms with Crippen molar-refractivity contribution in [2.24, 2.45) is 0 Å². The molecule has 1 fully saturated rings. The molecule has 0 N–H and O–H groups in total. The number of carbonyl (C=O) groups is 1. The molecule has 1 aliphatic carbocycles. The van der Waals surface area contributed by atoms with Gasteiger partial charge in [0.2, 0.25) is 0 Å². The number of fused-ring (bicyclic) bond motifs is 5. The van der Waals surface area contributed by atoms with E-state index in [1.807, 2.05) is 29.2 Å². The predicted octanol–water partition coefficient (Wildman–Crippen LogP) is 6.97. The maximum atomic E-state index is 13.4. The summed E-state index contributed by atoms with van der Waals surface area (Å²) in [6.45, 7) is 0.983. The van der Waals surface area contributed by atoms with Gasteiger partial charge < -0.3 is 14.2 Å². The first-order valence-corrected chi connectivity index (χ1v) is 13.3. The summed E-state index contributed by atoms with van der Waals surface area (Å²) in [6, 6.07) is 24.9. The summed E-state index contributed by atoms with van der Waals surface area (Å²) >= 11 is 0. The monoisotopic (exact) mass is 495 g/mol. The van der Waals surface area contributed by atoms with E-state index in [9.17, 15) is 4.79 Å². The van der Waals surface area contributed by atoms with Gasteiger partial charge in [-0.1, -0.05) is 66.2 Å². The lowest BCUT2D eigenvalue weighted by atomic mass is 9.84. The Labute approximate surface area is 218 Å². The maximum absolute atomic E-state index is 13.4. The lowest BCUT2D eigenvalue weighted by Crippen LogP contribution is -2.52. The summed E-state index contributed by atoms with van der Waals surface area (Å²) < 4.78 is 17.3. The van der Waals surface area contributed by atoms with Crippen LogP contribution in [0.5, 0.6) is 11.5 Å². The highest BCUT2D eigenvalue weighted by Gasteiger charge is 2.38. The van der Waals surface area contributed by atoms with Gasteiger partial charge in [0.1, 0.15) is 18.1 Å². The van der Waals surface area contributed by atoms with Crippen LogP contribution in [0.25, 0.3) is 11.1 Å². The van der Waals surface area contributed by atoms with Crippen LogP contribution in [0.15, 0.2) is 84.4 Å². The Morgan fingerprint density at radius 3 is 2.38 bits per heavy atom. The molecular formula is C32H33NO4. The average Bonchev–Trinajstić information content (AvgIpc) is 3.25. The molecule has 2 unspecified atom stereocenters. The number of rotatable bonds is 7. The molecule has 37 heavy (non-hydrogen) atoms. The number of hydrogen-bond donors (Lipinski definition) is 0. The van der Waals surface area contributed by atoms with Crippen molar-refractivity contribution in [3.63, 3.8) is 0 Å². The van der Waals surface area contributed by atoms with Crippen LogP contribution in [0.4, 0.5) is 4.79 Å². The zero-order chi connectivity index (χ0) is 25.2. The Balaban J connectivity index is 1.10. The molecule has 2 bridgehead atoms. The molecule has 3 aromatic carbocycles. The Morgan fingerprint density at radius 2 is 1.65 bits per heavy atom. The molecule has 3 aliphatic rings. The van der Waals surface area contributed by atoms with Gasteiger partial charge in [-0.15, -0.1) is 0 Å². The van der Waals surface area contributed by atoms with Crippen molar-refractivity contribution in [3.8, 4) is 22.6 Å². The van der Waals surface area contributed by atoms with E-state index in [1.165, 1.54) is 27.8 Å². The van der Waals surface area contributed by atoms with Crippen molar-refractivity contribution in [2.75, 3.05) is 20.3 Å². The number of amides is 1. The average molecular weight is 496 g/mol. The molecule has 0 radical (unpaired) electrons. The van der Waals surface area contributed by atoms with Crippen molar-refractivity contribution < 1.29 is 19.0 Å². The van der Waals surface area contributed by atoms with Crippen LogP contribution >= 0.6 is 0 Å². The molecule has 1 saturated heterocycles. The molecule has 0 saturated carbocycles. The van der Waals surface area contributed by atoms with Gasteiger partial charge >= 0.3 is 6.09 Å². The van der Waals surface area contributed by atoms with Crippen LogP contribution in [0, 0.1) is 0 Å². The lowest BCUT2D eigenvalue weighted by molar-refractivity contribution is 0.0505. The second-order valence-corrected chi connectivity index (χ2v) is 10.2. The fourth-order valence-electron chi connectivity index (χ4n) is 6.25. The minimum atomic E-state index is -0.181. The highest BCUT2D eigenvalue weighted by molar-refractivity contribution is 5.79. The van der Waals surface area contributed by atoms with Crippen molar-refractivity contribution in [1.82, 2.24) is 4.90 Å². The van der Waals surface area contributed by atoms with E-state index in [2.05, 4.69) is 54.6 Å². The molecule has 2 aliphatic heterocycles. The van der Waals surface area contributed by atoms with E-state index < -0.39 is 0 Å². The number of hydrogen-bond acceptors (Lipinski definition) is 4. The van der Waals surface area contributed by atoms with Gasteiger partial charge in [0.25, 0.3) is 0 Å². The van der Waals surface area contributed by atoms with Gasteiger partial charge in [0.15, 0.2) is 0 Å². The molecular weight excluding hydrogens is 462 g/mol. The molecule has 1 amide bonds. The van der Waals surface area contributed by atoms with Gasteiger partial charge in [0.05, 0.1) is 19.8 Å².